The number of aromatic amines is 1. The summed E-state index contributed by atoms with van der Waals surface area (Å²) in [6.07, 6.45) is 2.67. The maximum Gasteiger partial charge on any atom is 0.329 e. The van der Waals surface area contributed by atoms with Crippen LogP contribution in [0.2, 0.25) is 0 Å². The Kier molecular flexibility index (Phi) is 5.68. The average Bonchev–Trinajstić information content (AvgIpc) is 3.23. The topological polar surface area (TPSA) is 54.6 Å². The Morgan fingerprint density at radius 3 is 3.00 bits per heavy atom. The highest BCUT2D eigenvalue weighted by Gasteiger charge is 2.44. The van der Waals surface area contributed by atoms with Gasteiger partial charge < -0.3 is 14.5 Å². The number of carbonyl (C=O) groups excluding carboxylic acids is 1. The van der Waals surface area contributed by atoms with Crippen LogP contribution in [0.1, 0.15) is 29.6 Å². The summed E-state index contributed by atoms with van der Waals surface area (Å²) in [5.41, 5.74) is 3.29. The van der Waals surface area contributed by atoms with E-state index in [0.717, 1.165) is 41.9 Å². The Labute approximate surface area is 161 Å². The molecule has 3 atom stereocenters. The maximum atomic E-state index is 12.6. The molecule has 0 radical (unpaired) electrons. The molecule has 1 N–H and O–H groups in total. The average molecular weight is 454 g/mol. The Morgan fingerprint density at radius 1 is 1.48 bits per heavy atom. The minimum Gasteiger partial charge on any atom is -0.497 e. The zero-order chi connectivity index (χ0) is 18.0. The Hall–Kier alpha value is -1.54. The molecule has 4 rings (SSSR count). The first-order chi connectivity index (χ1) is 12.2. The lowest BCUT2D eigenvalue weighted by molar-refractivity contribution is -0.149. The van der Waals surface area contributed by atoms with Crippen LogP contribution in [0.4, 0.5) is 0 Å². The molecule has 0 amide bonds. The van der Waals surface area contributed by atoms with Crippen LogP contribution in [-0.4, -0.2) is 47.6 Å². The third-order valence-electron chi connectivity index (χ3n) is 4.91. The number of esters is 1. The molecular formula is C19H23IN2O3. The lowest BCUT2D eigenvalue weighted by Crippen LogP contribution is -2.37. The second kappa shape index (κ2) is 7.78. The summed E-state index contributed by atoms with van der Waals surface area (Å²) in [7, 11) is 1.67. The molecule has 1 fully saturated rings. The van der Waals surface area contributed by atoms with Crippen molar-refractivity contribution in [3.05, 3.63) is 42.1 Å². The fraction of sp³-hybridized carbons (Fsp3) is 0.421. The van der Waals surface area contributed by atoms with E-state index in [1.54, 1.807) is 13.2 Å². The summed E-state index contributed by atoms with van der Waals surface area (Å²) in [5.74, 6) is 1.10. The fourth-order valence-corrected chi connectivity index (χ4v) is 3.92. The van der Waals surface area contributed by atoms with Crippen LogP contribution < -0.4 is 4.74 Å². The van der Waals surface area contributed by atoms with E-state index in [2.05, 4.69) is 45.1 Å². The van der Waals surface area contributed by atoms with E-state index in [4.69, 9.17) is 9.47 Å². The quantitative estimate of drug-likeness (QED) is 0.331. The van der Waals surface area contributed by atoms with Crippen molar-refractivity contribution >= 4 is 39.5 Å². The highest BCUT2D eigenvalue weighted by atomic mass is 127. The molecule has 0 saturated carbocycles. The van der Waals surface area contributed by atoms with Crippen LogP contribution in [0, 0.1) is 0 Å². The summed E-state index contributed by atoms with van der Waals surface area (Å²) >= 11 is 2.15. The Balaban J connectivity index is 0.000000880. The number of fused-ring (bicyclic) bond motifs is 6. The number of ether oxygens (including phenoxy) is 2. The molecular weight excluding hydrogens is 431 g/mol. The van der Waals surface area contributed by atoms with E-state index >= 15 is 0 Å². The number of nitrogens with one attached hydrogen (secondary N) is 1. The van der Waals surface area contributed by atoms with Gasteiger partial charge in [-0.05, 0) is 41.7 Å². The molecule has 2 aromatic rings. The number of methoxy groups -OCH3 is 1. The van der Waals surface area contributed by atoms with Gasteiger partial charge >= 0.3 is 5.97 Å². The molecule has 134 valence electrons. The molecule has 2 bridgehead atoms. The van der Waals surface area contributed by atoms with E-state index in [1.807, 2.05) is 17.1 Å². The summed E-state index contributed by atoms with van der Waals surface area (Å²) < 4.78 is 10.7. The van der Waals surface area contributed by atoms with Crippen molar-refractivity contribution in [3.63, 3.8) is 0 Å². The summed E-state index contributed by atoms with van der Waals surface area (Å²) in [6.45, 7) is 5.69. The number of alkyl halides is 1. The van der Waals surface area contributed by atoms with Crippen LogP contribution in [0.15, 0.2) is 30.9 Å². The van der Waals surface area contributed by atoms with Crippen LogP contribution in [0.25, 0.3) is 10.9 Å². The van der Waals surface area contributed by atoms with Crippen LogP contribution in [0.3, 0.4) is 0 Å². The fourth-order valence-electron chi connectivity index (χ4n) is 3.92. The van der Waals surface area contributed by atoms with Crippen molar-refractivity contribution in [2.45, 2.75) is 18.4 Å². The number of benzene rings is 1. The van der Waals surface area contributed by atoms with Crippen molar-refractivity contribution in [2.75, 3.05) is 31.7 Å². The van der Waals surface area contributed by atoms with Crippen LogP contribution in [-0.2, 0) is 9.53 Å². The molecule has 2 aliphatic heterocycles. The third kappa shape index (κ3) is 3.17. The van der Waals surface area contributed by atoms with Gasteiger partial charge in [0.15, 0.2) is 0 Å². The minimum absolute atomic E-state index is 0.204. The predicted molar refractivity (Wildman–Crippen MR) is 108 cm³/mol. The Morgan fingerprint density at radius 2 is 2.28 bits per heavy atom. The third-order valence-corrected chi connectivity index (χ3v) is 4.91. The number of nitrogens with zero attached hydrogens (tertiary/aromatic N) is 1. The van der Waals surface area contributed by atoms with Crippen molar-refractivity contribution in [1.29, 1.82) is 0 Å². The van der Waals surface area contributed by atoms with Gasteiger partial charge in [0.2, 0.25) is 0 Å². The van der Waals surface area contributed by atoms with Gasteiger partial charge in [-0.25, -0.2) is 4.79 Å². The van der Waals surface area contributed by atoms with Gasteiger partial charge in [0, 0.05) is 29.1 Å². The van der Waals surface area contributed by atoms with Crippen LogP contribution >= 0.6 is 22.6 Å². The smallest absolute Gasteiger partial charge is 0.329 e. The minimum atomic E-state index is -0.345. The van der Waals surface area contributed by atoms with Gasteiger partial charge in [-0.3, -0.25) is 4.90 Å². The Bertz CT molecular complexity index is 786. The van der Waals surface area contributed by atoms with Gasteiger partial charge in [0.1, 0.15) is 18.4 Å². The van der Waals surface area contributed by atoms with Crippen molar-refractivity contribution in [3.8, 4) is 5.75 Å². The first kappa shape index (κ1) is 18.3. The van der Waals surface area contributed by atoms with Crippen LogP contribution in [0.5, 0.6) is 5.75 Å². The van der Waals surface area contributed by atoms with Gasteiger partial charge in [0.05, 0.1) is 7.11 Å². The predicted octanol–water partition coefficient (Wildman–Crippen LogP) is 3.80. The molecule has 3 heterocycles. The highest BCUT2D eigenvalue weighted by Crippen LogP contribution is 2.46. The van der Waals surface area contributed by atoms with Crippen molar-refractivity contribution < 1.29 is 14.3 Å². The summed E-state index contributed by atoms with van der Waals surface area (Å²) in [5, 5.41) is 1.16. The molecule has 1 aromatic carbocycles. The number of H-pyrrole nitrogens is 1. The summed E-state index contributed by atoms with van der Waals surface area (Å²) in [4.78, 5) is 20.2. The molecule has 2 aliphatic rings. The van der Waals surface area contributed by atoms with Crippen molar-refractivity contribution in [2.24, 2.45) is 0 Å². The second-order valence-corrected chi connectivity index (χ2v) is 6.17. The van der Waals surface area contributed by atoms with Gasteiger partial charge in [-0.15, -0.1) is 0 Å². The maximum absolute atomic E-state index is 12.6. The van der Waals surface area contributed by atoms with E-state index in [-0.39, 0.29) is 18.6 Å². The number of halogens is 1. The van der Waals surface area contributed by atoms with E-state index in [0.29, 0.717) is 5.92 Å². The number of hydrogen-bond acceptors (Lipinski definition) is 4. The van der Waals surface area contributed by atoms with Gasteiger partial charge in [-0.2, -0.15) is 0 Å². The molecule has 5 nitrogen and oxygen atoms in total. The molecule has 0 aliphatic carbocycles. The largest absolute Gasteiger partial charge is 0.497 e. The molecule has 1 aromatic heterocycles. The zero-order valence-corrected chi connectivity index (χ0v) is 16.7. The van der Waals surface area contributed by atoms with Gasteiger partial charge in [0.25, 0.3) is 0 Å². The van der Waals surface area contributed by atoms with Gasteiger partial charge in [-0.1, -0.05) is 35.2 Å². The normalized spacial score (nSPS) is 23.4. The molecule has 6 heteroatoms. The lowest BCUT2D eigenvalue weighted by atomic mass is 9.90. The van der Waals surface area contributed by atoms with Crippen molar-refractivity contribution in [1.82, 2.24) is 9.88 Å². The number of hydrogen-bond donors (Lipinski definition) is 1. The number of carbonyl (C=O) groups is 1. The number of aromatic nitrogens is 1. The first-order valence-electron chi connectivity index (χ1n) is 8.31. The lowest BCUT2D eigenvalue weighted by Gasteiger charge is -2.30. The van der Waals surface area contributed by atoms with E-state index < -0.39 is 0 Å². The first-order valence-corrected chi connectivity index (χ1v) is 10.5. The highest BCUT2D eigenvalue weighted by molar-refractivity contribution is 14.1. The SMILES string of the molecule is C=CCOC(=O)C1c2[nH]c3ccc(OC)cc3c2C2CCN1C2.CI. The standard InChI is InChI=1S/C18H20N2O3.CH3I/c1-3-8-23-18(21)17-16-15(11-6-7-20(17)10-11)13-9-12(22-2)4-5-14(13)19-16;1-2/h3-5,9,11,17,19H,1,6-8,10H2,2H3;1H3. The number of rotatable bonds is 4. The monoisotopic (exact) mass is 454 g/mol. The molecule has 25 heavy (non-hydrogen) atoms. The zero-order valence-electron chi connectivity index (χ0n) is 14.5. The molecule has 3 unspecified atom stereocenters. The van der Waals surface area contributed by atoms with E-state index in [1.165, 1.54) is 5.56 Å². The molecule has 0 spiro atoms. The van der Waals surface area contributed by atoms with E-state index in [9.17, 15) is 4.79 Å². The summed E-state index contributed by atoms with van der Waals surface area (Å²) in [6, 6.07) is 5.67. The second-order valence-electron chi connectivity index (χ2n) is 6.17. The molecule has 1 saturated heterocycles.